The van der Waals surface area contributed by atoms with Crippen LogP contribution in [-0.4, -0.2) is 57.1 Å². The molecular weight excluding hydrogens is 394 g/mol. The van der Waals surface area contributed by atoms with Crippen molar-refractivity contribution in [3.63, 3.8) is 0 Å². The number of thioether (sulfide) groups is 1. The number of hydroxylamine groups is 1. The van der Waals surface area contributed by atoms with Crippen molar-refractivity contribution in [3.05, 3.63) is 35.0 Å². The quantitative estimate of drug-likeness (QED) is 0.355. The number of nitrogen functional groups attached to an aromatic ring is 1. The van der Waals surface area contributed by atoms with Crippen LogP contribution in [0.15, 0.2) is 29.3 Å². The molecule has 3 rings (SSSR count). The number of allylic oxidation sites excluding steroid dienone is 1. The van der Waals surface area contributed by atoms with Gasteiger partial charge in [-0.3, -0.25) is 14.5 Å². The Morgan fingerprint density at radius 3 is 2.89 bits per heavy atom. The molecule has 2 aliphatic heterocycles. The number of amides is 2. The molecule has 2 aliphatic rings. The number of nitrogens with one attached hydrogen (secondary N) is 2. The largest absolute Gasteiger partial charge is 0.477 e. The summed E-state index contributed by atoms with van der Waals surface area (Å²) in [4.78, 5) is 46.8. The van der Waals surface area contributed by atoms with Crippen LogP contribution in [-0.2, 0) is 19.2 Å². The van der Waals surface area contributed by atoms with E-state index in [0.717, 1.165) is 0 Å². The van der Waals surface area contributed by atoms with E-state index in [1.54, 1.807) is 5.38 Å². The number of carbonyl (C=O) groups excluding carboxylic acids is 2. The van der Waals surface area contributed by atoms with Crippen molar-refractivity contribution < 1.29 is 24.3 Å². The Kier molecular flexibility index (Phi) is 5.51. The van der Waals surface area contributed by atoms with E-state index >= 15 is 0 Å². The number of nitrogens with zero attached hydrogens (tertiary/aromatic N) is 2. The van der Waals surface area contributed by atoms with E-state index < -0.39 is 35.2 Å². The van der Waals surface area contributed by atoms with Crippen LogP contribution in [0.3, 0.4) is 0 Å². The van der Waals surface area contributed by atoms with E-state index in [0.29, 0.717) is 22.2 Å². The first-order valence-corrected chi connectivity index (χ1v) is 9.65. The van der Waals surface area contributed by atoms with Crippen LogP contribution in [0, 0.1) is 0 Å². The Balaban J connectivity index is 1.76. The molecule has 1 fully saturated rings. The molecule has 2 amide bonds. The fourth-order valence-corrected chi connectivity index (χ4v) is 4.76. The van der Waals surface area contributed by atoms with Crippen LogP contribution >= 0.6 is 23.1 Å². The van der Waals surface area contributed by atoms with Crippen molar-refractivity contribution >= 4 is 46.0 Å². The molecule has 27 heavy (non-hydrogen) atoms. The van der Waals surface area contributed by atoms with Gasteiger partial charge >= 0.3 is 5.97 Å². The number of fused-ring (bicyclic) bond motifs is 1. The predicted octanol–water partition coefficient (Wildman–Crippen LogP) is -0.158. The first kappa shape index (κ1) is 19.4. The lowest BCUT2D eigenvalue weighted by molar-refractivity contribution is -0.151. The number of rotatable bonds is 7. The predicted molar refractivity (Wildman–Crippen MR) is 99.3 cm³/mol. The second-order valence-electron chi connectivity index (χ2n) is 5.64. The van der Waals surface area contributed by atoms with Gasteiger partial charge in [0.1, 0.15) is 17.1 Å². The molecule has 144 valence electrons. The Hall–Kier alpha value is -2.41. The monoisotopic (exact) mass is 411 g/mol. The smallest absolute Gasteiger partial charge is 0.352 e. The summed E-state index contributed by atoms with van der Waals surface area (Å²) in [7, 11) is 1.35. The summed E-state index contributed by atoms with van der Waals surface area (Å²) in [5, 5.41) is 13.5. The van der Waals surface area contributed by atoms with Crippen molar-refractivity contribution in [2.45, 2.75) is 17.5 Å². The summed E-state index contributed by atoms with van der Waals surface area (Å²) in [6.45, 7) is 3.59. The highest BCUT2D eigenvalue weighted by molar-refractivity contribution is 8.00. The van der Waals surface area contributed by atoms with Crippen molar-refractivity contribution in [3.8, 4) is 0 Å². The third kappa shape index (κ3) is 3.43. The zero-order valence-corrected chi connectivity index (χ0v) is 15.8. The Bertz CT molecular complexity index is 838. The standard InChI is InChI=1S/C15H17N5O5S2/c1-3-6-4-26-13-9(12(22)20(13)10(6)14(23)24)18-11(21)8(19-25-2)7-5-27-15(16)17-7/h3,5,8-9,13,19H,1,4H2,2H3,(H2,16,17)(H,18,21)(H,23,24)/t8?,9?,13-/m1/s1. The van der Waals surface area contributed by atoms with Gasteiger partial charge in [0.2, 0.25) is 5.91 Å². The number of thiazole rings is 1. The number of carboxylic acids is 1. The molecule has 0 saturated carbocycles. The summed E-state index contributed by atoms with van der Waals surface area (Å²) in [6.07, 6.45) is 1.43. The second-order valence-corrected chi connectivity index (χ2v) is 7.64. The third-order valence-corrected chi connectivity index (χ3v) is 6.07. The Morgan fingerprint density at radius 1 is 1.59 bits per heavy atom. The van der Waals surface area contributed by atoms with Gasteiger partial charge in [0.05, 0.1) is 12.8 Å². The molecule has 0 aromatic carbocycles. The van der Waals surface area contributed by atoms with Crippen molar-refractivity contribution in [2.75, 3.05) is 18.6 Å². The van der Waals surface area contributed by atoms with Crippen molar-refractivity contribution in [2.24, 2.45) is 0 Å². The normalized spacial score (nSPS) is 22.7. The summed E-state index contributed by atoms with van der Waals surface area (Å²) in [5.41, 5.74) is 8.86. The van der Waals surface area contributed by atoms with Crippen LogP contribution < -0.4 is 16.5 Å². The number of nitrogens with two attached hydrogens (primary N) is 1. The molecule has 3 heterocycles. The zero-order chi connectivity index (χ0) is 19.7. The number of carboxylic acid groups (broad SMARTS) is 1. The lowest BCUT2D eigenvalue weighted by Crippen LogP contribution is -2.71. The highest BCUT2D eigenvalue weighted by atomic mass is 32.2. The molecule has 5 N–H and O–H groups in total. The number of hydrogen-bond donors (Lipinski definition) is 4. The molecule has 2 unspecified atom stereocenters. The molecule has 1 aromatic heterocycles. The minimum absolute atomic E-state index is 0.0944. The SMILES string of the molecule is C=CC1=C(C(=O)O)N2C(=O)C(NC(=O)C(NOC)c3csc(N)n3)[C@H]2SC1. The third-order valence-electron chi connectivity index (χ3n) is 4.08. The van der Waals surface area contributed by atoms with Crippen LogP contribution in [0.2, 0.25) is 0 Å². The Labute approximate surface area is 162 Å². The lowest BCUT2D eigenvalue weighted by atomic mass is 10.0. The second kappa shape index (κ2) is 7.68. The molecule has 0 spiro atoms. The molecule has 10 nitrogen and oxygen atoms in total. The van der Waals surface area contributed by atoms with E-state index in [1.165, 1.54) is 41.2 Å². The number of anilines is 1. The van der Waals surface area contributed by atoms with Gasteiger partial charge in [0.25, 0.3) is 5.91 Å². The van der Waals surface area contributed by atoms with E-state index in [2.05, 4.69) is 22.4 Å². The first-order chi connectivity index (χ1) is 12.9. The van der Waals surface area contributed by atoms with E-state index in [9.17, 15) is 19.5 Å². The van der Waals surface area contributed by atoms with Gasteiger partial charge in [-0.05, 0) is 5.57 Å². The van der Waals surface area contributed by atoms with Gasteiger partial charge in [-0.2, -0.15) is 5.48 Å². The molecule has 0 radical (unpaired) electrons. The zero-order valence-electron chi connectivity index (χ0n) is 14.2. The van der Waals surface area contributed by atoms with Gasteiger partial charge in [-0.15, -0.1) is 23.1 Å². The Morgan fingerprint density at radius 2 is 2.33 bits per heavy atom. The summed E-state index contributed by atoms with van der Waals surface area (Å²) in [6, 6.07) is -1.81. The fourth-order valence-electron chi connectivity index (χ4n) is 2.84. The van der Waals surface area contributed by atoms with Crippen molar-refractivity contribution in [1.29, 1.82) is 0 Å². The maximum Gasteiger partial charge on any atom is 0.352 e. The minimum Gasteiger partial charge on any atom is -0.477 e. The number of β-lactam (4-membered cyclic amide) rings is 1. The summed E-state index contributed by atoms with van der Waals surface area (Å²) < 4.78 is 0. The average molecular weight is 411 g/mol. The number of aliphatic carboxylic acids is 1. The highest BCUT2D eigenvalue weighted by Crippen LogP contribution is 2.40. The van der Waals surface area contributed by atoms with Crippen molar-refractivity contribution in [1.82, 2.24) is 20.7 Å². The molecule has 12 heteroatoms. The maximum absolute atomic E-state index is 12.6. The number of aromatic nitrogens is 1. The number of carbonyl (C=O) groups is 3. The van der Waals surface area contributed by atoms with Crippen LogP contribution in [0.1, 0.15) is 11.7 Å². The molecule has 1 saturated heterocycles. The van der Waals surface area contributed by atoms with Crippen LogP contribution in [0.25, 0.3) is 0 Å². The lowest BCUT2D eigenvalue weighted by Gasteiger charge is -2.49. The highest BCUT2D eigenvalue weighted by Gasteiger charge is 2.54. The van der Waals surface area contributed by atoms with E-state index in [-0.39, 0.29) is 5.70 Å². The van der Waals surface area contributed by atoms with Gasteiger partial charge in [0.15, 0.2) is 11.2 Å². The van der Waals surface area contributed by atoms with Gasteiger partial charge in [0, 0.05) is 11.1 Å². The van der Waals surface area contributed by atoms with Gasteiger partial charge < -0.3 is 21.0 Å². The number of hydrogen-bond acceptors (Lipinski definition) is 9. The van der Waals surface area contributed by atoms with E-state index in [4.69, 9.17) is 10.6 Å². The van der Waals surface area contributed by atoms with Crippen LogP contribution in [0.5, 0.6) is 0 Å². The molecule has 0 bridgehead atoms. The molecule has 3 atom stereocenters. The first-order valence-electron chi connectivity index (χ1n) is 7.72. The topological polar surface area (TPSA) is 147 Å². The van der Waals surface area contributed by atoms with Gasteiger partial charge in [-0.25, -0.2) is 9.78 Å². The summed E-state index contributed by atoms with van der Waals surface area (Å²) in [5.74, 6) is -1.85. The maximum atomic E-state index is 12.6. The molecule has 0 aliphatic carbocycles. The molecular formula is C15H17N5O5S2. The summed E-state index contributed by atoms with van der Waals surface area (Å²) >= 11 is 2.53. The minimum atomic E-state index is -1.20. The fraction of sp³-hybridized carbons (Fsp3) is 0.333. The van der Waals surface area contributed by atoms with Gasteiger partial charge in [-0.1, -0.05) is 12.7 Å². The van der Waals surface area contributed by atoms with Crippen LogP contribution in [0.4, 0.5) is 5.13 Å². The molecule has 1 aromatic rings. The van der Waals surface area contributed by atoms with E-state index in [1.807, 2.05) is 0 Å². The average Bonchev–Trinajstić information content (AvgIpc) is 3.08.